The Hall–Kier alpha value is -0.980. The predicted octanol–water partition coefficient (Wildman–Crippen LogP) is 3.54. The minimum atomic E-state index is 0. The van der Waals surface area contributed by atoms with Crippen molar-refractivity contribution in [1.29, 1.82) is 0 Å². The molecule has 0 spiro atoms. The van der Waals surface area contributed by atoms with Gasteiger partial charge in [0.05, 0.1) is 0 Å². The summed E-state index contributed by atoms with van der Waals surface area (Å²) in [6.07, 6.45) is 8.72. The van der Waals surface area contributed by atoms with Gasteiger partial charge in [-0.25, -0.2) is 0 Å². The molecule has 0 aromatic heterocycles. The third-order valence-electron chi connectivity index (χ3n) is 4.34. The van der Waals surface area contributed by atoms with Gasteiger partial charge in [0.1, 0.15) is 0 Å². The van der Waals surface area contributed by atoms with Crippen LogP contribution in [0.1, 0.15) is 44.1 Å². The molecule has 0 bridgehead atoms. The summed E-state index contributed by atoms with van der Waals surface area (Å²) >= 11 is 0. The van der Waals surface area contributed by atoms with Gasteiger partial charge in [-0.2, -0.15) is 0 Å². The molecule has 5 heteroatoms. The van der Waals surface area contributed by atoms with Crippen molar-refractivity contribution in [2.45, 2.75) is 51.0 Å². The largest absolute Gasteiger partial charge is 0.378 e. The SMILES string of the molecule is CN(C)c1ccc(CCN=C(N)NC2CCCCCC2)cc1.I. The van der Waals surface area contributed by atoms with E-state index in [0.29, 0.717) is 12.0 Å². The number of nitrogens with two attached hydrogens (primary N) is 1. The summed E-state index contributed by atoms with van der Waals surface area (Å²) in [5, 5.41) is 3.39. The molecule has 0 aliphatic heterocycles. The summed E-state index contributed by atoms with van der Waals surface area (Å²) in [5.74, 6) is 0.608. The highest BCUT2D eigenvalue weighted by atomic mass is 127. The zero-order valence-electron chi connectivity index (χ0n) is 14.4. The van der Waals surface area contributed by atoms with Gasteiger partial charge in [0.15, 0.2) is 5.96 Å². The molecule has 1 aliphatic rings. The Kier molecular flexibility index (Phi) is 9.36. The Morgan fingerprint density at radius 3 is 2.30 bits per heavy atom. The lowest BCUT2D eigenvalue weighted by atomic mass is 10.1. The average Bonchev–Trinajstić information content (AvgIpc) is 2.76. The molecule has 4 nitrogen and oxygen atoms in total. The first-order chi connectivity index (χ1) is 10.6. The molecule has 3 N–H and O–H groups in total. The van der Waals surface area contributed by atoms with Gasteiger partial charge in [-0.15, -0.1) is 24.0 Å². The lowest BCUT2D eigenvalue weighted by Crippen LogP contribution is -2.40. The number of guanidine groups is 1. The highest BCUT2D eigenvalue weighted by molar-refractivity contribution is 14.0. The van der Waals surface area contributed by atoms with E-state index < -0.39 is 0 Å². The standard InChI is InChI=1S/C18H30N4.HI/c1-22(2)17-11-9-15(10-12-17)13-14-20-18(19)21-16-7-5-3-4-6-8-16;/h9-12,16H,3-8,13-14H2,1-2H3,(H3,19,20,21);1H. The Morgan fingerprint density at radius 2 is 1.74 bits per heavy atom. The molecule has 0 heterocycles. The second-order valence-electron chi connectivity index (χ2n) is 6.41. The number of anilines is 1. The third kappa shape index (κ3) is 7.42. The van der Waals surface area contributed by atoms with Crippen molar-refractivity contribution in [3.8, 4) is 0 Å². The van der Waals surface area contributed by atoms with Crippen molar-refractivity contribution in [3.05, 3.63) is 29.8 Å². The van der Waals surface area contributed by atoms with Crippen LogP contribution in [0.15, 0.2) is 29.3 Å². The van der Waals surface area contributed by atoms with Gasteiger partial charge in [-0.3, -0.25) is 4.99 Å². The smallest absolute Gasteiger partial charge is 0.188 e. The molecule has 2 rings (SSSR count). The van der Waals surface area contributed by atoms with Crippen LogP contribution in [-0.4, -0.2) is 32.6 Å². The molecule has 1 saturated carbocycles. The topological polar surface area (TPSA) is 53.6 Å². The summed E-state index contributed by atoms with van der Waals surface area (Å²) in [6.45, 7) is 0.743. The number of nitrogens with zero attached hydrogens (tertiary/aromatic N) is 2. The number of halogens is 1. The number of hydrogen-bond acceptors (Lipinski definition) is 2. The van der Waals surface area contributed by atoms with Gasteiger partial charge in [0.2, 0.25) is 0 Å². The zero-order valence-corrected chi connectivity index (χ0v) is 16.8. The first-order valence-electron chi connectivity index (χ1n) is 8.48. The van der Waals surface area contributed by atoms with E-state index in [2.05, 4.69) is 53.6 Å². The summed E-state index contributed by atoms with van der Waals surface area (Å²) in [4.78, 5) is 6.58. The monoisotopic (exact) mass is 430 g/mol. The molecule has 1 aromatic rings. The fourth-order valence-corrected chi connectivity index (χ4v) is 2.94. The molecular weight excluding hydrogens is 399 g/mol. The lowest BCUT2D eigenvalue weighted by Gasteiger charge is -2.16. The van der Waals surface area contributed by atoms with E-state index in [-0.39, 0.29) is 24.0 Å². The zero-order chi connectivity index (χ0) is 15.8. The molecule has 0 amide bonds. The van der Waals surface area contributed by atoms with Crippen LogP contribution < -0.4 is 16.0 Å². The van der Waals surface area contributed by atoms with Crippen LogP contribution >= 0.6 is 24.0 Å². The van der Waals surface area contributed by atoms with Gasteiger partial charge in [0, 0.05) is 32.4 Å². The maximum Gasteiger partial charge on any atom is 0.188 e. The average molecular weight is 430 g/mol. The van der Waals surface area contributed by atoms with Crippen molar-refractivity contribution in [1.82, 2.24) is 5.32 Å². The minimum absolute atomic E-state index is 0. The van der Waals surface area contributed by atoms with Crippen LogP contribution in [0.5, 0.6) is 0 Å². The summed E-state index contributed by atoms with van der Waals surface area (Å²) < 4.78 is 0. The maximum absolute atomic E-state index is 6.02. The molecule has 23 heavy (non-hydrogen) atoms. The molecule has 1 fully saturated rings. The second-order valence-corrected chi connectivity index (χ2v) is 6.41. The molecule has 0 unspecified atom stereocenters. The Balaban J connectivity index is 0.00000264. The van der Waals surface area contributed by atoms with Gasteiger partial charge in [-0.05, 0) is 37.0 Å². The predicted molar refractivity (Wildman–Crippen MR) is 111 cm³/mol. The van der Waals surface area contributed by atoms with E-state index in [4.69, 9.17) is 5.73 Å². The third-order valence-corrected chi connectivity index (χ3v) is 4.34. The fourth-order valence-electron chi connectivity index (χ4n) is 2.94. The molecule has 0 atom stereocenters. The number of benzene rings is 1. The van der Waals surface area contributed by atoms with E-state index >= 15 is 0 Å². The number of rotatable bonds is 5. The lowest BCUT2D eigenvalue weighted by molar-refractivity contribution is 0.530. The van der Waals surface area contributed by atoms with Crippen LogP contribution in [0.25, 0.3) is 0 Å². The van der Waals surface area contributed by atoms with E-state index in [0.717, 1.165) is 13.0 Å². The van der Waals surface area contributed by atoms with Gasteiger partial charge in [0.25, 0.3) is 0 Å². The second kappa shape index (κ2) is 10.7. The minimum Gasteiger partial charge on any atom is -0.378 e. The van der Waals surface area contributed by atoms with Crippen molar-refractivity contribution < 1.29 is 0 Å². The molecule has 0 radical (unpaired) electrons. The molecule has 0 saturated heterocycles. The quantitative estimate of drug-likeness (QED) is 0.325. The molecular formula is C18H31IN4. The Labute approximate surface area is 157 Å². The van der Waals surface area contributed by atoms with Crippen LogP contribution in [0.2, 0.25) is 0 Å². The van der Waals surface area contributed by atoms with E-state index in [1.165, 1.54) is 49.8 Å². The fraction of sp³-hybridized carbons (Fsp3) is 0.611. The van der Waals surface area contributed by atoms with E-state index in [1.807, 2.05) is 0 Å². The first kappa shape index (κ1) is 20.1. The number of nitrogens with one attached hydrogen (secondary N) is 1. The van der Waals surface area contributed by atoms with Crippen molar-refractivity contribution in [2.24, 2.45) is 10.7 Å². The maximum atomic E-state index is 6.02. The first-order valence-corrected chi connectivity index (χ1v) is 8.48. The summed E-state index contributed by atoms with van der Waals surface area (Å²) in [6, 6.07) is 9.14. The molecule has 130 valence electrons. The number of aliphatic imine (C=N–C) groups is 1. The van der Waals surface area contributed by atoms with E-state index in [9.17, 15) is 0 Å². The van der Waals surface area contributed by atoms with Gasteiger partial charge in [-0.1, -0.05) is 37.8 Å². The summed E-state index contributed by atoms with van der Waals surface area (Å²) in [7, 11) is 4.11. The van der Waals surface area contributed by atoms with Gasteiger partial charge >= 0.3 is 0 Å². The van der Waals surface area contributed by atoms with Crippen LogP contribution in [0, 0.1) is 0 Å². The molecule has 1 aliphatic carbocycles. The Bertz CT molecular complexity index is 462. The van der Waals surface area contributed by atoms with Crippen molar-refractivity contribution in [3.63, 3.8) is 0 Å². The molecule has 1 aromatic carbocycles. The number of hydrogen-bond donors (Lipinski definition) is 2. The van der Waals surface area contributed by atoms with Crippen LogP contribution in [-0.2, 0) is 6.42 Å². The highest BCUT2D eigenvalue weighted by Crippen LogP contribution is 2.17. The summed E-state index contributed by atoms with van der Waals surface area (Å²) in [5.41, 5.74) is 8.54. The van der Waals surface area contributed by atoms with Crippen molar-refractivity contribution >= 4 is 35.6 Å². The van der Waals surface area contributed by atoms with Crippen LogP contribution in [0.4, 0.5) is 5.69 Å². The normalized spacial score (nSPS) is 16.3. The van der Waals surface area contributed by atoms with Crippen molar-refractivity contribution in [2.75, 3.05) is 25.5 Å². The highest BCUT2D eigenvalue weighted by Gasteiger charge is 2.12. The van der Waals surface area contributed by atoms with Gasteiger partial charge < -0.3 is 16.0 Å². The van der Waals surface area contributed by atoms with E-state index in [1.54, 1.807) is 0 Å². The van der Waals surface area contributed by atoms with Crippen LogP contribution in [0.3, 0.4) is 0 Å². The Morgan fingerprint density at radius 1 is 1.13 bits per heavy atom.